The minimum absolute atomic E-state index is 0.179. The van der Waals surface area contributed by atoms with Crippen molar-refractivity contribution in [2.45, 2.75) is 12.7 Å². The van der Waals surface area contributed by atoms with Crippen LogP contribution >= 0.6 is 0 Å². The van der Waals surface area contributed by atoms with Gasteiger partial charge in [0.25, 0.3) is 5.56 Å². The van der Waals surface area contributed by atoms with Crippen molar-refractivity contribution in [3.8, 4) is 5.69 Å². The van der Waals surface area contributed by atoms with E-state index in [1.165, 1.54) is 23.2 Å². The van der Waals surface area contributed by atoms with Gasteiger partial charge in [-0.2, -0.15) is 18.3 Å². The van der Waals surface area contributed by atoms with E-state index in [0.717, 1.165) is 17.8 Å². The van der Waals surface area contributed by atoms with Crippen LogP contribution in [0.2, 0.25) is 0 Å². The number of nitrogens with zero attached hydrogens (tertiary/aromatic N) is 6. The fourth-order valence-electron chi connectivity index (χ4n) is 4.16. The van der Waals surface area contributed by atoms with Gasteiger partial charge in [0.05, 0.1) is 17.4 Å². The molecule has 0 radical (unpaired) electrons. The monoisotopic (exact) mass is 482 g/mol. The summed E-state index contributed by atoms with van der Waals surface area (Å²) in [4.78, 5) is 33.6. The molecule has 2 aromatic carbocycles. The highest BCUT2D eigenvalue weighted by atomic mass is 19.4. The molecule has 0 spiro atoms. The number of amides is 1. The second-order valence-electron chi connectivity index (χ2n) is 8.22. The number of carbonyl (C=O) groups is 1. The SMILES string of the molecule is O=C(Cn1cnc2c(cnn2-c2ccccc2)c1=O)N1CCN(c2cccc(C(F)(F)F)c2)CC1. The number of anilines is 1. The lowest BCUT2D eigenvalue weighted by Crippen LogP contribution is -2.50. The maximum Gasteiger partial charge on any atom is 0.416 e. The molecule has 1 fully saturated rings. The van der Waals surface area contributed by atoms with Crippen LogP contribution in [-0.2, 0) is 17.5 Å². The number of rotatable bonds is 4. The third kappa shape index (κ3) is 4.48. The Balaban J connectivity index is 1.27. The summed E-state index contributed by atoms with van der Waals surface area (Å²) in [5.74, 6) is -0.257. The van der Waals surface area contributed by atoms with E-state index in [4.69, 9.17) is 0 Å². The zero-order valence-electron chi connectivity index (χ0n) is 18.5. The average molecular weight is 482 g/mol. The third-order valence-electron chi connectivity index (χ3n) is 6.03. The Kier molecular flexibility index (Phi) is 5.75. The van der Waals surface area contributed by atoms with Gasteiger partial charge in [-0.15, -0.1) is 0 Å². The van der Waals surface area contributed by atoms with E-state index in [2.05, 4.69) is 10.1 Å². The fraction of sp³-hybridized carbons (Fsp3) is 0.250. The van der Waals surface area contributed by atoms with E-state index in [-0.39, 0.29) is 18.0 Å². The Morgan fingerprint density at radius 2 is 1.66 bits per heavy atom. The van der Waals surface area contributed by atoms with Crippen LogP contribution in [0, 0.1) is 0 Å². The first-order valence-electron chi connectivity index (χ1n) is 11.0. The number of benzene rings is 2. The molecule has 0 bridgehead atoms. The van der Waals surface area contributed by atoms with Gasteiger partial charge in [0.15, 0.2) is 5.65 Å². The number of alkyl halides is 3. The van der Waals surface area contributed by atoms with Crippen molar-refractivity contribution in [3.05, 3.63) is 83.0 Å². The molecule has 35 heavy (non-hydrogen) atoms. The first-order valence-corrected chi connectivity index (χ1v) is 11.0. The Labute approximate surface area is 197 Å². The Bertz CT molecular complexity index is 1420. The summed E-state index contributed by atoms with van der Waals surface area (Å²) in [6.07, 6.45) is -1.64. The van der Waals surface area contributed by atoms with Crippen LogP contribution in [0.1, 0.15) is 5.56 Å². The lowest BCUT2D eigenvalue weighted by Gasteiger charge is -2.36. The largest absolute Gasteiger partial charge is 0.416 e. The Morgan fingerprint density at radius 3 is 2.37 bits per heavy atom. The van der Waals surface area contributed by atoms with Gasteiger partial charge < -0.3 is 9.80 Å². The molecule has 8 nitrogen and oxygen atoms in total. The van der Waals surface area contributed by atoms with Crippen LogP contribution in [0.4, 0.5) is 18.9 Å². The summed E-state index contributed by atoms with van der Waals surface area (Å²) in [5, 5.41) is 4.57. The van der Waals surface area contributed by atoms with Crippen molar-refractivity contribution in [2.24, 2.45) is 0 Å². The molecule has 5 rings (SSSR count). The topological polar surface area (TPSA) is 76.3 Å². The standard InChI is InChI=1S/C24H21F3N6O2/c25-24(26,27)17-5-4-8-19(13-17)30-9-11-31(12-10-30)21(34)15-32-16-28-22-20(23(32)35)14-29-33(22)18-6-2-1-3-7-18/h1-8,13-14,16H,9-12,15H2. The quantitative estimate of drug-likeness (QED) is 0.447. The smallest absolute Gasteiger partial charge is 0.368 e. The van der Waals surface area contributed by atoms with Crippen LogP contribution in [0.5, 0.6) is 0 Å². The van der Waals surface area contributed by atoms with Gasteiger partial charge in [0, 0.05) is 31.9 Å². The molecule has 4 aromatic rings. The molecule has 0 unspecified atom stereocenters. The van der Waals surface area contributed by atoms with Gasteiger partial charge in [-0.1, -0.05) is 24.3 Å². The number of hydrogen-bond acceptors (Lipinski definition) is 5. The molecule has 0 atom stereocenters. The number of piperazine rings is 1. The number of carbonyl (C=O) groups excluding carboxylic acids is 1. The maximum absolute atomic E-state index is 13.0. The highest BCUT2D eigenvalue weighted by molar-refractivity contribution is 5.78. The first kappa shape index (κ1) is 22.6. The fourth-order valence-corrected chi connectivity index (χ4v) is 4.16. The molecule has 2 aromatic heterocycles. The minimum atomic E-state index is -4.41. The summed E-state index contributed by atoms with van der Waals surface area (Å²) in [6, 6.07) is 14.5. The van der Waals surface area contributed by atoms with Gasteiger partial charge >= 0.3 is 6.18 Å². The molecule has 180 valence electrons. The molecular weight excluding hydrogens is 461 g/mol. The van der Waals surface area contributed by atoms with Crippen molar-refractivity contribution in [2.75, 3.05) is 31.1 Å². The highest BCUT2D eigenvalue weighted by Gasteiger charge is 2.31. The van der Waals surface area contributed by atoms with Crippen LogP contribution < -0.4 is 10.5 Å². The van der Waals surface area contributed by atoms with Crippen LogP contribution in [0.15, 0.2) is 71.9 Å². The second-order valence-corrected chi connectivity index (χ2v) is 8.22. The number of hydrogen-bond donors (Lipinski definition) is 0. The molecule has 0 aliphatic carbocycles. The normalized spacial score (nSPS) is 14.5. The second kappa shape index (κ2) is 8.90. The van der Waals surface area contributed by atoms with Crippen LogP contribution in [0.25, 0.3) is 16.7 Å². The number of aromatic nitrogens is 4. The minimum Gasteiger partial charge on any atom is -0.368 e. The molecule has 1 amide bonds. The molecule has 3 heterocycles. The summed E-state index contributed by atoms with van der Waals surface area (Å²) >= 11 is 0. The van der Waals surface area contributed by atoms with Gasteiger partial charge in [-0.25, -0.2) is 9.67 Å². The van der Waals surface area contributed by atoms with Gasteiger partial charge in [-0.05, 0) is 30.3 Å². The van der Waals surface area contributed by atoms with E-state index in [0.29, 0.717) is 42.9 Å². The van der Waals surface area contributed by atoms with E-state index in [9.17, 15) is 22.8 Å². The van der Waals surface area contributed by atoms with E-state index in [1.807, 2.05) is 35.2 Å². The first-order chi connectivity index (χ1) is 16.8. The zero-order valence-corrected chi connectivity index (χ0v) is 18.5. The molecule has 0 saturated carbocycles. The molecule has 1 saturated heterocycles. The third-order valence-corrected chi connectivity index (χ3v) is 6.03. The summed E-state index contributed by atoms with van der Waals surface area (Å²) in [7, 11) is 0. The lowest BCUT2D eigenvalue weighted by molar-refractivity contribution is -0.137. The molecule has 11 heteroatoms. The summed E-state index contributed by atoms with van der Waals surface area (Å²) in [5.41, 5.74) is 0.564. The van der Waals surface area contributed by atoms with Gasteiger partial charge in [0.2, 0.25) is 5.91 Å². The van der Waals surface area contributed by atoms with Gasteiger partial charge in [-0.3, -0.25) is 14.2 Å². The Morgan fingerprint density at radius 1 is 0.943 bits per heavy atom. The number of fused-ring (bicyclic) bond motifs is 1. The Hall–Kier alpha value is -4.15. The highest BCUT2D eigenvalue weighted by Crippen LogP contribution is 2.31. The van der Waals surface area contributed by atoms with Crippen molar-refractivity contribution in [3.63, 3.8) is 0 Å². The molecular formula is C24H21F3N6O2. The maximum atomic E-state index is 13.0. The van der Waals surface area contributed by atoms with E-state index >= 15 is 0 Å². The predicted octanol–water partition coefficient (Wildman–Crippen LogP) is 2.95. The van der Waals surface area contributed by atoms with Crippen molar-refractivity contribution >= 4 is 22.6 Å². The summed E-state index contributed by atoms with van der Waals surface area (Å²) in [6.45, 7) is 1.28. The van der Waals surface area contributed by atoms with Crippen LogP contribution in [0.3, 0.4) is 0 Å². The molecule has 0 N–H and O–H groups in total. The van der Waals surface area contributed by atoms with Crippen LogP contribution in [-0.4, -0.2) is 56.3 Å². The van der Waals surface area contributed by atoms with Crippen molar-refractivity contribution in [1.29, 1.82) is 0 Å². The molecule has 1 aliphatic rings. The average Bonchev–Trinajstić information content (AvgIpc) is 3.31. The molecule has 1 aliphatic heterocycles. The van der Waals surface area contributed by atoms with Crippen molar-refractivity contribution < 1.29 is 18.0 Å². The number of para-hydroxylation sites is 1. The number of halogens is 3. The van der Waals surface area contributed by atoms with Gasteiger partial charge in [0.1, 0.15) is 18.3 Å². The zero-order chi connectivity index (χ0) is 24.6. The lowest BCUT2D eigenvalue weighted by atomic mass is 10.1. The van der Waals surface area contributed by atoms with E-state index in [1.54, 1.807) is 15.6 Å². The predicted molar refractivity (Wildman–Crippen MR) is 123 cm³/mol. The summed E-state index contributed by atoms with van der Waals surface area (Å²) < 4.78 is 41.9. The van der Waals surface area contributed by atoms with E-state index < -0.39 is 11.7 Å². The van der Waals surface area contributed by atoms with Crippen molar-refractivity contribution in [1.82, 2.24) is 24.2 Å².